The number of carbonyl (C=O) groups excluding carboxylic acids is 1. The predicted octanol–water partition coefficient (Wildman–Crippen LogP) is 5.37. The van der Waals surface area contributed by atoms with E-state index in [2.05, 4.69) is 13.8 Å². The summed E-state index contributed by atoms with van der Waals surface area (Å²) >= 11 is 0. The van der Waals surface area contributed by atoms with E-state index in [-0.39, 0.29) is 11.2 Å². The van der Waals surface area contributed by atoms with Gasteiger partial charge in [-0.15, -0.1) is 0 Å². The molecule has 0 N–H and O–H groups in total. The molecule has 2 saturated carbocycles. The molecule has 0 spiro atoms. The van der Waals surface area contributed by atoms with Gasteiger partial charge in [0.2, 0.25) is 0 Å². The molecule has 3 nitrogen and oxygen atoms in total. The molecule has 2 fully saturated rings. The number of hydrogen-bond donors (Lipinski definition) is 0. The molecule has 0 radical (unpaired) electrons. The second kappa shape index (κ2) is 6.82. The molecule has 0 aromatic rings. The standard InChI is InChI=1S/C17H30O3/c1-16(11-7-3-4-8-12-16)19-15(18)20-17(2)13-9-5-6-10-14-17/h3-14H2,1-2H3. The van der Waals surface area contributed by atoms with Crippen molar-refractivity contribution in [2.24, 2.45) is 0 Å². The summed E-state index contributed by atoms with van der Waals surface area (Å²) < 4.78 is 11.4. The summed E-state index contributed by atoms with van der Waals surface area (Å²) in [4.78, 5) is 12.2. The van der Waals surface area contributed by atoms with Crippen LogP contribution in [0, 0.1) is 0 Å². The van der Waals surface area contributed by atoms with Gasteiger partial charge in [0.1, 0.15) is 11.2 Å². The molecule has 2 rings (SSSR count). The third kappa shape index (κ3) is 4.68. The summed E-state index contributed by atoms with van der Waals surface area (Å²) in [5.41, 5.74) is -0.622. The molecule has 0 aromatic carbocycles. The van der Waals surface area contributed by atoms with E-state index in [0.717, 1.165) is 51.4 Å². The van der Waals surface area contributed by atoms with Gasteiger partial charge in [-0.2, -0.15) is 0 Å². The highest BCUT2D eigenvalue weighted by Gasteiger charge is 2.35. The fourth-order valence-corrected chi connectivity index (χ4v) is 3.58. The lowest BCUT2D eigenvalue weighted by molar-refractivity contribution is -0.0789. The van der Waals surface area contributed by atoms with E-state index in [1.165, 1.54) is 25.7 Å². The molecule has 2 aliphatic rings. The Morgan fingerprint density at radius 3 is 1.25 bits per heavy atom. The molecule has 0 atom stereocenters. The van der Waals surface area contributed by atoms with Crippen molar-refractivity contribution in [1.29, 1.82) is 0 Å². The Balaban J connectivity index is 1.87. The Morgan fingerprint density at radius 2 is 0.950 bits per heavy atom. The second-order valence-corrected chi connectivity index (χ2v) is 7.18. The average Bonchev–Trinajstić information content (AvgIpc) is 2.69. The Labute approximate surface area is 123 Å². The van der Waals surface area contributed by atoms with E-state index in [4.69, 9.17) is 9.47 Å². The van der Waals surface area contributed by atoms with Gasteiger partial charge in [0, 0.05) is 0 Å². The Hall–Kier alpha value is -0.730. The van der Waals surface area contributed by atoms with Crippen molar-refractivity contribution in [3.8, 4) is 0 Å². The van der Waals surface area contributed by atoms with Gasteiger partial charge in [0.05, 0.1) is 0 Å². The van der Waals surface area contributed by atoms with Crippen molar-refractivity contribution in [1.82, 2.24) is 0 Å². The van der Waals surface area contributed by atoms with Crippen LogP contribution in [0.1, 0.15) is 90.9 Å². The minimum absolute atomic E-state index is 0.311. The van der Waals surface area contributed by atoms with Crippen LogP contribution in [-0.2, 0) is 9.47 Å². The molecule has 0 bridgehead atoms. The molecule has 0 unspecified atom stereocenters. The maximum Gasteiger partial charge on any atom is 0.509 e. The van der Waals surface area contributed by atoms with E-state index < -0.39 is 6.16 Å². The van der Waals surface area contributed by atoms with Crippen molar-refractivity contribution >= 4 is 6.16 Å². The zero-order chi connectivity index (χ0) is 14.5. The van der Waals surface area contributed by atoms with Crippen LogP contribution in [0.4, 0.5) is 4.79 Å². The van der Waals surface area contributed by atoms with Crippen LogP contribution in [0.3, 0.4) is 0 Å². The Kier molecular flexibility index (Phi) is 5.34. The normalized spacial score (nSPS) is 26.1. The summed E-state index contributed by atoms with van der Waals surface area (Å²) in [5, 5.41) is 0. The number of hydrogen-bond acceptors (Lipinski definition) is 3. The molecule has 0 aromatic heterocycles. The average molecular weight is 282 g/mol. The summed E-state index contributed by atoms with van der Waals surface area (Å²) in [6, 6.07) is 0. The van der Waals surface area contributed by atoms with E-state index in [1.807, 2.05) is 0 Å². The largest absolute Gasteiger partial charge is 0.509 e. The van der Waals surface area contributed by atoms with Crippen molar-refractivity contribution in [3.05, 3.63) is 0 Å². The van der Waals surface area contributed by atoms with Gasteiger partial charge < -0.3 is 9.47 Å². The van der Waals surface area contributed by atoms with Gasteiger partial charge in [-0.3, -0.25) is 0 Å². The van der Waals surface area contributed by atoms with Gasteiger partial charge >= 0.3 is 6.16 Å². The summed E-state index contributed by atoms with van der Waals surface area (Å²) in [6.45, 7) is 4.13. The smallest absolute Gasteiger partial charge is 0.428 e. The predicted molar refractivity (Wildman–Crippen MR) is 79.8 cm³/mol. The Bertz CT molecular complexity index is 278. The summed E-state index contributed by atoms with van der Waals surface area (Å²) in [5.74, 6) is 0. The first-order chi connectivity index (χ1) is 9.52. The third-order valence-corrected chi connectivity index (χ3v) is 4.98. The van der Waals surface area contributed by atoms with Gasteiger partial charge in [-0.05, 0) is 65.2 Å². The van der Waals surface area contributed by atoms with Crippen LogP contribution in [0.25, 0.3) is 0 Å². The molecule has 20 heavy (non-hydrogen) atoms. The minimum atomic E-state index is -0.446. The monoisotopic (exact) mass is 282 g/mol. The van der Waals surface area contributed by atoms with E-state index in [1.54, 1.807) is 0 Å². The van der Waals surface area contributed by atoms with E-state index >= 15 is 0 Å². The zero-order valence-corrected chi connectivity index (χ0v) is 13.2. The summed E-state index contributed by atoms with van der Waals surface area (Å²) in [7, 11) is 0. The fraction of sp³-hybridized carbons (Fsp3) is 0.941. The van der Waals surface area contributed by atoms with Crippen LogP contribution < -0.4 is 0 Å². The molecule has 0 heterocycles. The number of ether oxygens (including phenoxy) is 2. The molecule has 2 aliphatic carbocycles. The maximum atomic E-state index is 12.2. The highest BCUT2D eigenvalue weighted by atomic mass is 16.7. The van der Waals surface area contributed by atoms with E-state index in [9.17, 15) is 4.79 Å². The van der Waals surface area contributed by atoms with Crippen molar-refractivity contribution in [2.45, 2.75) is 102 Å². The molecule has 3 heteroatoms. The second-order valence-electron chi connectivity index (χ2n) is 7.18. The number of rotatable bonds is 2. The highest BCUT2D eigenvalue weighted by Crippen LogP contribution is 2.33. The first-order valence-corrected chi connectivity index (χ1v) is 8.43. The fourth-order valence-electron chi connectivity index (χ4n) is 3.58. The maximum absolute atomic E-state index is 12.2. The lowest BCUT2D eigenvalue weighted by Gasteiger charge is -2.32. The lowest BCUT2D eigenvalue weighted by Crippen LogP contribution is -2.37. The highest BCUT2D eigenvalue weighted by molar-refractivity contribution is 5.61. The topological polar surface area (TPSA) is 35.5 Å². The molecule has 0 amide bonds. The zero-order valence-electron chi connectivity index (χ0n) is 13.2. The van der Waals surface area contributed by atoms with Crippen molar-refractivity contribution in [3.63, 3.8) is 0 Å². The minimum Gasteiger partial charge on any atom is -0.428 e. The third-order valence-electron chi connectivity index (χ3n) is 4.98. The van der Waals surface area contributed by atoms with Gasteiger partial charge in [0.15, 0.2) is 0 Å². The van der Waals surface area contributed by atoms with Gasteiger partial charge in [0.25, 0.3) is 0 Å². The molecule has 0 aliphatic heterocycles. The van der Waals surface area contributed by atoms with Crippen LogP contribution in [0.5, 0.6) is 0 Å². The lowest BCUT2D eigenvalue weighted by atomic mass is 9.96. The van der Waals surface area contributed by atoms with Crippen LogP contribution in [0.2, 0.25) is 0 Å². The van der Waals surface area contributed by atoms with Gasteiger partial charge in [-0.25, -0.2) is 4.79 Å². The van der Waals surface area contributed by atoms with Crippen LogP contribution in [-0.4, -0.2) is 17.4 Å². The van der Waals surface area contributed by atoms with Crippen LogP contribution in [0.15, 0.2) is 0 Å². The quantitative estimate of drug-likeness (QED) is 0.505. The SMILES string of the molecule is CC1(OC(=O)OC2(C)CCCCCC2)CCCCCC1. The van der Waals surface area contributed by atoms with Crippen molar-refractivity contribution < 1.29 is 14.3 Å². The molecule has 0 saturated heterocycles. The van der Waals surface area contributed by atoms with Crippen molar-refractivity contribution in [2.75, 3.05) is 0 Å². The van der Waals surface area contributed by atoms with E-state index in [0.29, 0.717) is 0 Å². The first kappa shape index (κ1) is 15.7. The van der Waals surface area contributed by atoms with Gasteiger partial charge in [-0.1, -0.05) is 25.7 Å². The van der Waals surface area contributed by atoms with Crippen LogP contribution >= 0.6 is 0 Å². The summed E-state index contributed by atoms with van der Waals surface area (Å²) in [6.07, 6.45) is 13.1. The molecular formula is C17H30O3. The molecule has 116 valence electrons. The first-order valence-electron chi connectivity index (χ1n) is 8.43. The number of carbonyl (C=O) groups is 1. The molecular weight excluding hydrogens is 252 g/mol. The Morgan fingerprint density at radius 1 is 0.650 bits per heavy atom.